The van der Waals surface area contributed by atoms with E-state index in [0.717, 1.165) is 26.9 Å². The standard InChI is InChI=1S/C15H18N2O2S/c1-10-14(20-11(2)17-10)9-16-15(18)8-12-6-4-5-7-13(12)19-3/h4-7H,8-9H2,1-3H3,(H,16,18). The molecular weight excluding hydrogens is 272 g/mol. The van der Waals surface area contributed by atoms with Gasteiger partial charge in [-0.05, 0) is 19.9 Å². The Morgan fingerprint density at radius 3 is 2.75 bits per heavy atom. The van der Waals surface area contributed by atoms with Crippen LogP contribution in [-0.4, -0.2) is 18.0 Å². The maximum absolute atomic E-state index is 12.0. The average Bonchev–Trinajstić information content (AvgIpc) is 2.75. The number of para-hydroxylation sites is 1. The van der Waals surface area contributed by atoms with E-state index in [1.165, 1.54) is 0 Å². The number of aryl methyl sites for hydroxylation is 2. The van der Waals surface area contributed by atoms with Gasteiger partial charge >= 0.3 is 0 Å². The van der Waals surface area contributed by atoms with Crippen molar-refractivity contribution in [2.75, 3.05) is 7.11 Å². The molecule has 0 fully saturated rings. The molecule has 0 aliphatic heterocycles. The van der Waals surface area contributed by atoms with Gasteiger partial charge in [0.05, 0.1) is 30.8 Å². The van der Waals surface area contributed by atoms with Crippen molar-refractivity contribution >= 4 is 17.2 Å². The van der Waals surface area contributed by atoms with Crippen LogP contribution in [0.25, 0.3) is 0 Å². The Hall–Kier alpha value is -1.88. The van der Waals surface area contributed by atoms with Gasteiger partial charge in [-0.15, -0.1) is 11.3 Å². The maximum Gasteiger partial charge on any atom is 0.224 e. The monoisotopic (exact) mass is 290 g/mol. The number of ether oxygens (including phenoxy) is 1. The Labute approximate surface area is 122 Å². The van der Waals surface area contributed by atoms with E-state index in [2.05, 4.69) is 10.3 Å². The molecule has 0 aliphatic carbocycles. The number of methoxy groups -OCH3 is 1. The highest BCUT2D eigenvalue weighted by molar-refractivity contribution is 7.11. The fraction of sp³-hybridized carbons (Fsp3) is 0.333. The molecule has 106 valence electrons. The quantitative estimate of drug-likeness (QED) is 0.921. The van der Waals surface area contributed by atoms with Crippen LogP contribution in [0.4, 0.5) is 0 Å². The van der Waals surface area contributed by atoms with Gasteiger partial charge in [0, 0.05) is 10.4 Å². The normalized spacial score (nSPS) is 10.3. The third-order valence-electron chi connectivity index (χ3n) is 2.99. The summed E-state index contributed by atoms with van der Waals surface area (Å²) in [4.78, 5) is 17.4. The summed E-state index contributed by atoms with van der Waals surface area (Å²) in [6.45, 7) is 4.47. The first-order valence-corrected chi connectivity index (χ1v) is 7.23. The van der Waals surface area contributed by atoms with E-state index in [0.29, 0.717) is 13.0 Å². The van der Waals surface area contributed by atoms with E-state index in [4.69, 9.17) is 4.74 Å². The Balaban J connectivity index is 1.94. The Bertz CT molecular complexity index is 608. The van der Waals surface area contributed by atoms with Gasteiger partial charge in [-0.2, -0.15) is 0 Å². The van der Waals surface area contributed by atoms with Crippen LogP contribution in [0, 0.1) is 13.8 Å². The van der Waals surface area contributed by atoms with Crippen LogP contribution in [-0.2, 0) is 17.8 Å². The van der Waals surface area contributed by atoms with E-state index in [1.54, 1.807) is 18.4 Å². The molecule has 1 N–H and O–H groups in total. The molecule has 0 aliphatic rings. The molecule has 0 saturated carbocycles. The summed E-state index contributed by atoms with van der Waals surface area (Å²) in [5, 5.41) is 3.95. The van der Waals surface area contributed by atoms with Gasteiger partial charge < -0.3 is 10.1 Å². The second-order valence-corrected chi connectivity index (χ2v) is 5.79. The summed E-state index contributed by atoms with van der Waals surface area (Å²) in [6.07, 6.45) is 0.320. The minimum absolute atomic E-state index is 0.0139. The number of amides is 1. The van der Waals surface area contributed by atoms with E-state index in [-0.39, 0.29) is 5.91 Å². The van der Waals surface area contributed by atoms with Crippen molar-refractivity contribution in [3.05, 3.63) is 45.4 Å². The molecule has 0 bridgehead atoms. The second kappa shape index (κ2) is 6.52. The lowest BCUT2D eigenvalue weighted by atomic mass is 10.1. The molecule has 4 nitrogen and oxygen atoms in total. The minimum atomic E-state index is -0.0139. The predicted octanol–water partition coefficient (Wildman–Crippen LogP) is 2.63. The number of benzene rings is 1. The zero-order valence-corrected chi connectivity index (χ0v) is 12.7. The first-order valence-electron chi connectivity index (χ1n) is 6.41. The Morgan fingerprint density at radius 2 is 2.10 bits per heavy atom. The first-order chi connectivity index (χ1) is 9.60. The molecular formula is C15H18N2O2S. The smallest absolute Gasteiger partial charge is 0.224 e. The highest BCUT2D eigenvalue weighted by Gasteiger charge is 2.10. The van der Waals surface area contributed by atoms with Crippen LogP contribution in [0.1, 0.15) is 21.1 Å². The van der Waals surface area contributed by atoms with Crippen molar-refractivity contribution < 1.29 is 9.53 Å². The molecule has 1 heterocycles. The van der Waals surface area contributed by atoms with Crippen LogP contribution in [0.15, 0.2) is 24.3 Å². The highest BCUT2D eigenvalue weighted by Crippen LogP contribution is 2.19. The Morgan fingerprint density at radius 1 is 1.35 bits per heavy atom. The fourth-order valence-electron chi connectivity index (χ4n) is 2.00. The summed E-state index contributed by atoms with van der Waals surface area (Å²) in [5.74, 6) is 0.729. The highest BCUT2D eigenvalue weighted by atomic mass is 32.1. The summed E-state index contributed by atoms with van der Waals surface area (Å²) in [7, 11) is 1.61. The molecule has 0 atom stereocenters. The number of carbonyl (C=O) groups is 1. The van der Waals surface area contributed by atoms with Gasteiger partial charge in [0.1, 0.15) is 5.75 Å². The molecule has 20 heavy (non-hydrogen) atoms. The number of rotatable bonds is 5. The summed E-state index contributed by atoms with van der Waals surface area (Å²) in [5.41, 5.74) is 1.88. The summed E-state index contributed by atoms with van der Waals surface area (Å²) < 4.78 is 5.24. The third-order valence-corrected chi connectivity index (χ3v) is 4.06. The number of hydrogen-bond acceptors (Lipinski definition) is 4. The van der Waals surface area contributed by atoms with Crippen molar-refractivity contribution in [3.8, 4) is 5.75 Å². The summed E-state index contributed by atoms with van der Waals surface area (Å²) >= 11 is 1.62. The molecule has 2 rings (SSSR count). The lowest BCUT2D eigenvalue weighted by molar-refractivity contribution is -0.120. The average molecular weight is 290 g/mol. The molecule has 0 unspecified atom stereocenters. The molecule has 5 heteroatoms. The van der Waals surface area contributed by atoms with E-state index in [1.807, 2.05) is 38.1 Å². The largest absolute Gasteiger partial charge is 0.496 e. The van der Waals surface area contributed by atoms with Crippen LogP contribution in [0.2, 0.25) is 0 Å². The fourth-order valence-corrected chi connectivity index (χ4v) is 2.88. The number of carbonyl (C=O) groups excluding carboxylic acids is 1. The zero-order valence-electron chi connectivity index (χ0n) is 11.9. The third kappa shape index (κ3) is 3.57. The number of nitrogens with zero attached hydrogens (tertiary/aromatic N) is 1. The first kappa shape index (κ1) is 14.5. The van der Waals surface area contributed by atoms with Gasteiger partial charge in [0.2, 0.25) is 5.91 Å². The van der Waals surface area contributed by atoms with Gasteiger partial charge in [0.15, 0.2) is 0 Å². The van der Waals surface area contributed by atoms with E-state index >= 15 is 0 Å². The molecule has 0 saturated heterocycles. The molecule has 2 aromatic rings. The maximum atomic E-state index is 12.0. The van der Waals surface area contributed by atoms with E-state index in [9.17, 15) is 4.79 Å². The zero-order chi connectivity index (χ0) is 14.5. The molecule has 1 aromatic carbocycles. The molecule has 0 spiro atoms. The minimum Gasteiger partial charge on any atom is -0.496 e. The molecule has 0 radical (unpaired) electrons. The van der Waals surface area contributed by atoms with Crippen molar-refractivity contribution in [1.82, 2.24) is 10.3 Å². The predicted molar refractivity (Wildman–Crippen MR) is 80.1 cm³/mol. The number of thiazole rings is 1. The van der Waals surface area contributed by atoms with Crippen LogP contribution in [0.5, 0.6) is 5.75 Å². The van der Waals surface area contributed by atoms with Crippen molar-refractivity contribution in [1.29, 1.82) is 0 Å². The van der Waals surface area contributed by atoms with Crippen molar-refractivity contribution in [2.24, 2.45) is 0 Å². The molecule has 1 aromatic heterocycles. The Kier molecular flexibility index (Phi) is 4.74. The topological polar surface area (TPSA) is 51.2 Å². The van der Waals surface area contributed by atoms with Gasteiger partial charge in [0.25, 0.3) is 0 Å². The SMILES string of the molecule is COc1ccccc1CC(=O)NCc1sc(C)nc1C. The van der Waals surface area contributed by atoms with Crippen LogP contribution in [0.3, 0.4) is 0 Å². The van der Waals surface area contributed by atoms with Gasteiger partial charge in [-0.1, -0.05) is 18.2 Å². The number of aromatic nitrogens is 1. The van der Waals surface area contributed by atoms with Crippen LogP contribution < -0.4 is 10.1 Å². The molecule has 1 amide bonds. The summed E-state index contributed by atoms with van der Waals surface area (Å²) in [6, 6.07) is 7.56. The van der Waals surface area contributed by atoms with E-state index < -0.39 is 0 Å². The lowest BCUT2D eigenvalue weighted by Crippen LogP contribution is -2.24. The number of hydrogen-bond donors (Lipinski definition) is 1. The van der Waals surface area contributed by atoms with Crippen molar-refractivity contribution in [3.63, 3.8) is 0 Å². The van der Waals surface area contributed by atoms with Gasteiger partial charge in [-0.25, -0.2) is 4.98 Å². The van der Waals surface area contributed by atoms with Crippen LogP contribution >= 0.6 is 11.3 Å². The lowest BCUT2D eigenvalue weighted by Gasteiger charge is -2.08. The number of nitrogens with one attached hydrogen (secondary N) is 1. The van der Waals surface area contributed by atoms with Crippen molar-refractivity contribution in [2.45, 2.75) is 26.8 Å². The van der Waals surface area contributed by atoms with Gasteiger partial charge in [-0.3, -0.25) is 4.79 Å². The second-order valence-electron chi connectivity index (χ2n) is 4.51.